The number of amides is 1. The number of pyridine rings is 1. The number of piperazine rings is 1. The van der Waals surface area contributed by atoms with Crippen molar-refractivity contribution in [2.24, 2.45) is 5.41 Å². The summed E-state index contributed by atoms with van der Waals surface area (Å²) in [7, 11) is 0. The van der Waals surface area contributed by atoms with E-state index < -0.39 is 0 Å². The summed E-state index contributed by atoms with van der Waals surface area (Å²) in [6.07, 6.45) is 3.19. The number of rotatable bonds is 4. The lowest BCUT2D eigenvalue weighted by Gasteiger charge is -2.36. The number of aromatic nitrogens is 5. The summed E-state index contributed by atoms with van der Waals surface area (Å²) in [6.45, 7) is 9.76. The van der Waals surface area contributed by atoms with Gasteiger partial charge in [0.2, 0.25) is 0 Å². The first-order valence-electron chi connectivity index (χ1n) is 11.5. The number of H-pyrrole nitrogens is 2. The first-order valence-corrected chi connectivity index (χ1v) is 11.5. The van der Waals surface area contributed by atoms with Crippen LogP contribution in [0.3, 0.4) is 0 Å². The zero-order valence-corrected chi connectivity index (χ0v) is 19.7. The zero-order chi connectivity index (χ0) is 23.9. The van der Waals surface area contributed by atoms with Gasteiger partial charge in [-0.15, -0.1) is 0 Å². The molecule has 9 nitrogen and oxygen atoms in total. The molecule has 0 aliphatic carbocycles. The number of anilines is 1. The van der Waals surface area contributed by atoms with E-state index in [1.807, 2.05) is 29.2 Å². The highest BCUT2D eigenvalue weighted by molar-refractivity contribution is 5.93. The number of nitrogens with zero attached hydrogens (tertiary/aromatic N) is 5. The van der Waals surface area contributed by atoms with E-state index in [9.17, 15) is 9.59 Å². The van der Waals surface area contributed by atoms with Crippen LogP contribution in [-0.4, -0.2) is 61.7 Å². The summed E-state index contributed by atoms with van der Waals surface area (Å²) in [5, 5.41) is 6.57. The van der Waals surface area contributed by atoms with Crippen LogP contribution in [0.15, 0.2) is 53.6 Å². The molecule has 3 aromatic heterocycles. The van der Waals surface area contributed by atoms with Crippen LogP contribution in [0.1, 0.15) is 31.1 Å². The molecule has 34 heavy (non-hydrogen) atoms. The Hall–Kier alpha value is -3.88. The lowest BCUT2D eigenvalue weighted by Crippen LogP contribution is -2.48. The Balaban J connectivity index is 1.34. The Kier molecular flexibility index (Phi) is 5.47. The van der Waals surface area contributed by atoms with Crippen LogP contribution in [0.25, 0.3) is 22.4 Å². The molecule has 1 aromatic carbocycles. The molecule has 2 N–H and O–H groups in total. The van der Waals surface area contributed by atoms with Crippen molar-refractivity contribution < 1.29 is 4.79 Å². The maximum atomic E-state index is 12.6. The molecular weight excluding hydrogens is 430 g/mol. The highest BCUT2D eigenvalue weighted by Gasteiger charge is 2.23. The normalized spacial score (nSPS) is 14.7. The lowest BCUT2D eigenvalue weighted by molar-refractivity contribution is 0.0747. The Morgan fingerprint density at radius 2 is 1.88 bits per heavy atom. The maximum absolute atomic E-state index is 12.6. The molecule has 9 heteroatoms. The fraction of sp³-hybridized carbons (Fsp3) is 0.360. The van der Waals surface area contributed by atoms with E-state index in [0.29, 0.717) is 30.8 Å². The molecule has 1 saturated heterocycles. The molecule has 0 unspecified atom stereocenters. The van der Waals surface area contributed by atoms with Crippen molar-refractivity contribution in [2.75, 3.05) is 31.1 Å². The van der Waals surface area contributed by atoms with Gasteiger partial charge in [-0.3, -0.25) is 19.4 Å². The number of carbonyl (C=O) groups is 1. The second kappa shape index (κ2) is 8.48. The maximum Gasteiger partial charge on any atom is 0.327 e. The number of imidazole rings is 1. The molecule has 5 rings (SSSR count). The van der Waals surface area contributed by atoms with Crippen molar-refractivity contribution in [3.8, 4) is 11.3 Å². The monoisotopic (exact) mass is 459 g/mol. The Bertz CT molecular complexity index is 1370. The summed E-state index contributed by atoms with van der Waals surface area (Å²) < 4.78 is 1.76. The fourth-order valence-corrected chi connectivity index (χ4v) is 4.41. The molecule has 4 heterocycles. The standard InChI is InChI=1S/C25H29N7O2/c1-25(2,3)16-32-21-8-7-20(28-22(21)29-24(32)34)17-5-4-6-19(13-17)30-9-11-31(12-10-30)23(33)18-14-26-27-15-18/h4-8,13-15H,9-12,16H2,1-3H3,(H,26,27)(H,28,29,34). The van der Waals surface area contributed by atoms with Crippen molar-refractivity contribution in [2.45, 2.75) is 27.3 Å². The Morgan fingerprint density at radius 3 is 2.59 bits per heavy atom. The number of fused-ring (bicyclic) bond motifs is 1. The Labute approximate surface area is 197 Å². The summed E-state index contributed by atoms with van der Waals surface area (Å²) in [5.74, 6) is 0.00652. The topological polar surface area (TPSA) is 103 Å². The quantitative estimate of drug-likeness (QED) is 0.488. The van der Waals surface area contributed by atoms with E-state index in [1.54, 1.807) is 17.0 Å². The molecule has 0 bridgehead atoms. The van der Waals surface area contributed by atoms with Crippen LogP contribution in [0.2, 0.25) is 0 Å². The third kappa shape index (κ3) is 4.33. The molecule has 0 radical (unpaired) electrons. The van der Waals surface area contributed by atoms with Gasteiger partial charge in [0.25, 0.3) is 5.91 Å². The predicted octanol–water partition coefficient (Wildman–Crippen LogP) is 3.12. The molecule has 0 atom stereocenters. The number of hydrogen-bond acceptors (Lipinski definition) is 5. The number of benzene rings is 1. The fourth-order valence-electron chi connectivity index (χ4n) is 4.41. The Morgan fingerprint density at radius 1 is 1.09 bits per heavy atom. The molecule has 1 amide bonds. The molecule has 176 valence electrons. The SMILES string of the molecule is CC(C)(C)Cn1c(=O)[nH]c2nc(-c3cccc(N4CCN(C(=O)c5cn[nH]c5)CC4)c3)ccc21. The highest BCUT2D eigenvalue weighted by atomic mass is 16.2. The van der Waals surface area contributed by atoms with Gasteiger partial charge in [-0.1, -0.05) is 32.9 Å². The van der Waals surface area contributed by atoms with Gasteiger partial charge in [0, 0.05) is 50.2 Å². The van der Waals surface area contributed by atoms with Crippen LogP contribution < -0.4 is 10.6 Å². The van der Waals surface area contributed by atoms with Crippen LogP contribution in [-0.2, 0) is 6.54 Å². The van der Waals surface area contributed by atoms with E-state index >= 15 is 0 Å². The van der Waals surface area contributed by atoms with Gasteiger partial charge in [0.1, 0.15) is 0 Å². The van der Waals surface area contributed by atoms with Gasteiger partial charge in [0.15, 0.2) is 5.65 Å². The third-order valence-electron chi connectivity index (χ3n) is 6.09. The van der Waals surface area contributed by atoms with Gasteiger partial charge >= 0.3 is 5.69 Å². The van der Waals surface area contributed by atoms with Crippen molar-refractivity contribution in [1.82, 2.24) is 29.6 Å². The van der Waals surface area contributed by atoms with Gasteiger partial charge in [0.05, 0.1) is 23.0 Å². The van der Waals surface area contributed by atoms with Crippen molar-refractivity contribution in [3.05, 3.63) is 64.8 Å². The number of nitrogens with one attached hydrogen (secondary N) is 2. The van der Waals surface area contributed by atoms with Gasteiger partial charge in [-0.25, -0.2) is 9.78 Å². The average molecular weight is 460 g/mol. The summed E-state index contributed by atoms with van der Waals surface area (Å²) in [6, 6.07) is 12.2. The van der Waals surface area contributed by atoms with Crippen LogP contribution >= 0.6 is 0 Å². The molecule has 4 aromatic rings. The van der Waals surface area contributed by atoms with Gasteiger partial charge in [-0.2, -0.15) is 5.10 Å². The molecule has 0 saturated carbocycles. The molecule has 1 aliphatic heterocycles. The van der Waals surface area contributed by atoms with E-state index in [1.165, 1.54) is 0 Å². The van der Waals surface area contributed by atoms with E-state index in [0.717, 1.165) is 35.6 Å². The minimum atomic E-state index is -0.133. The average Bonchev–Trinajstić information content (AvgIpc) is 3.46. The highest BCUT2D eigenvalue weighted by Crippen LogP contribution is 2.26. The second-order valence-corrected chi connectivity index (χ2v) is 9.96. The summed E-state index contributed by atoms with van der Waals surface area (Å²) >= 11 is 0. The van der Waals surface area contributed by atoms with Crippen LogP contribution in [0.5, 0.6) is 0 Å². The largest absolute Gasteiger partial charge is 0.368 e. The van der Waals surface area contributed by atoms with Crippen LogP contribution in [0, 0.1) is 5.41 Å². The molecule has 1 aliphatic rings. The lowest BCUT2D eigenvalue weighted by atomic mass is 9.97. The first kappa shape index (κ1) is 21.9. The smallest absolute Gasteiger partial charge is 0.327 e. The number of hydrogen-bond donors (Lipinski definition) is 2. The van der Waals surface area contributed by atoms with Gasteiger partial charge < -0.3 is 9.80 Å². The van der Waals surface area contributed by atoms with Crippen molar-refractivity contribution in [1.29, 1.82) is 0 Å². The third-order valence-corrected chi connectivity index (χ3v) is 6.09. The number of carbonyl (C=O) groups excluding carboxylic acids is 1. The predicted molar refractivity (Wildman–Crippen MR) is 132 cm³/mol. The van der Waals surface area contributed by atoms with E-state index in [2.05, 4.69) is 53.0 Å². The zero-order valence-electron chi connectivity index (χ0n) is 19.7. The first-order chi connectivity index (χ1) is 16.3. The van der Waals surface area contributed by atoms with E-state index in [4.69, 9.17) is 4.98 Å². The van der Waals surface area contributed by atoms with E-state index in [-0.39, 0.29) is 17.0 Å². The minimum absolute atomic E-state index is 0.00652. The summed E-state index contributed by atoms with van der Waals surface area (Å²) in [5.41, 5.74) is 4.75. The molecular formula is C25H29N7O2. The minimum Gasteiger partial charge on any atom is -0.368 e. The molecule has 0 spiro atoms. The van der Waals surface area contributed by atoms with Crippen molar-refractivity contribution >= 4 is 22.8 Å². The van der Waals surface area contributed by atoms with Crippen LogP contribution in [0.4, 0.5) is 5.69 Å². The summed E-state index contributed by atoms with van der Waals surface area (Å²) in [4.78, 5) is 36.9. The second-order valence-electron chi connectivity index (χ2n) is 9.96. The molecule has 1 fully saturated rings. The van der Waals surface area contributed by atoms with Gasteiger partial charge in [-0.05, 0) is 29.7 Å². The van der Waals surface area contributed by atoms with Crippen molar-refractivity contribution in [3.63, 3.8) is 0 Å². The number of aromatic amines is 2.